The number of thioether (sulfide) groups is 1. The van der Waals surface area contributed by atoms with Gasteiger partial charge >= 0.3 is 0 Å². The number of rotatable bonds is 8. The number of anilines is 1. The molecule has 2 N–H and O–H groups in total. The Morgan fingerprint density at radius 1 is 1.25 bits per heavy atom. The molecule has 1 aliphatic rings. The lowest BCUT2D eigenvalue weighted by molar-refractivity contribution is -0.121. The highest BCUT2D eigenvalue weighted by molar-refractivity contribution is 7.98. The average Bonchev–Trinajstić information content (AvgIpc) is 3.23. The van der Waals surface area contributed by atoms with E-state index in [1.165, 1.54) is 0 Å². The monoisotopic (exact) mass is 402 g/mol. The van der Waals surface area contributed by atoms with Crippen molar-refractivity contribution in [2.45, 2.75) is 51.3 Å². The van der Waals surface area contributed by atoms with Gasteiger partial charge in [0.15, 0.2) is 0 Å². The number of nitrogens with zero attached hydrogens (tertiary/aromatic N) is 2. The number of carbonyl (C=O) groups excluding carboxylic acids is 2. The van der Waals surface area contributed by atoms with Crippen LogP contribution in [0, 0.1) is 0 Å². The van der Waals surface area contributed by atoms with E-state index in [2.05, 4.69) is 15.7 Å². The fourth-order valence-corrected chi connectivity index (χ4v) is 3.95. The van der Waals surface area contributed by atoms with Crippen molar-refractivity contribution in [3.05, 3.63) is 41.1 Å². The number of carbonyl (C=O) groups is 2. The minimum absolute atomic E-state index is 0.0768. The van der Waals surface area contributed by atoms with Crippen molar-refractivity contribution in [1.29, 1.82) is 0 Å². The smallest absolute Gasteiger partial charge is 0.256 e. The predicted molar refractivity (Wildman–Crippen MR) is 111 cm³/mol. The molecule has 0 unspecified atom stereocenters. The maximum atomic E-state index is 12.8. The van der Waals surface area contributed by atoms with Gasteiger partial charge < -0.3 is 15.4 Å². The van der Waals surface area contributed by atoms with Crippen LogP contribution in [0.15, 0.2) is 24.3 Å². The Bertz CT molecular complexity index is 846. The Morgan fingerprint density at radius 3 is 2.68 bits per heavy atom. The normalized spacial score (nSPS) is 12.7. The minimum Gasteiger partial charge on any atom is -0.491 e. The van der Waals surface area contributed by atoms with Crippen LogP contribution in [-0.2, 0) is 22.8 Å². The SMILES string of the molecule is CCCNC(=O)Cn1nc2c(c1NC(=O)c1ccc(OC(C)C)cc1)CSC2. The molecule has 0 saturated heterocycles. The molecule has 0 saturated carbocycles. The van der Waals surface area contributed by atoms with Crippen LogP contribution in [0.2, 0.25) is 0 Å². The van der Waals surface area contributed by atoms with Crippen LogP contribution < -0.4 is 15.4 Å². The molecule has 2 heterocycles. The molecule has 2 aromatic rings. The third kappa shape index (κ3) is 4.86. The second-order valence-electron chi connectivity index (χ2n) is 6.92. The zero-order valence-corrected chi connectivity index (χ0v) is 17.3. The first kappa shape index (κ1) is 20.3. The molecule has 2 amide bonds. The molecule has 0 aliphatic carbocycles. The second-order valence-corrected chi connectivity index (χ2v) is 7.90. The number of nitrogens with one attached hydrogen (secondary N) is 2. The molecule has 150 valence electrons. The van der Waals surface area contributed by atoms with Crippen LogP contribution in [0.5, 0.6) is 5.75 Å². The molecule has 0 atom stereocenters. The van der Waals surface area contributed by atoms with Gasteiger partial charge in [0.1, 0.15) is 18.1 Å². The molecule has 0 radical (unpaired) electrons. The van der Waals surface area contributed by atoms with E-state index < -0.39 is 0 Å². The molecule has 0 fully saturated rings. The van der Waals surface area contributed by atoms with Gasteiger partial charge in [0.05, 0.1) is 11.8 Å². The molecule has 1 aromatic carbocycles. The van der Waals surface area contributed by atoms with Gasteiger partial charge in [-0.2, -0.15) is 16.9 Å². The molecule has 0 spiro atoms. The minimum atomic E-state index is -0.231. The number of benzene rings is 1. The Morgan fingerprint density at radius 2 is 2.00 bits per heavy atom. The summed E-state index contributed by atoms with van der Waals surface area (Å²) < 4.78 is 7.22. The third-order valence-corrected chi connectivity index (χ3v) is 5.18. The molecule has 7 nitrogen and oxygen atoms in total. The fraction of sp³-hybridized carbons (Fsp3) is 0.450. The first-order valence-electron chi connectivity index (χ1n) is 9.49. The van der Waals surface area contributed by atoms with Crippen LogP contribution in [0.1, 0.15) is 48.8 Å². The van der Waals surface area contributed by atoms with Crippen LogP contribution >= 0.6 is 11.8 Å². The van der Waals surface area contributed by atoms with Gasteiger partial charge in [0.2, 0.25) is 5.91 Å². The molecule has 28 heavy (non-hydrogen) atoms. The number of amides is 2. The lowest BCUT2D eigenvalue weighted by Crippen LogP contribution is -2.29. The maximum Gasteiger partial charge on any atom is 0.256 e. The second kappa shape index (κ2) is 9.14. The Balaban J connectivity index is 1.75. The summed E-state index contributed by atoms with van der Waals surface area (Å²) >= 11 is 1.75. The van der Waals surface area contributed by atoms with Crippen LogP contribution in [0.3, 0.4) is 0 Å². The van der Waals surface area contributed by atoms with E-state index in [1.54, 1.807) is 40.7 Å². The first-order chi connectivity index (χ1) is 13.5. The van der Waals surface area contributed by atoms with E-state index in [-0.39, 0.29) is 24.5 Å². The quantitative estimate of drug-likeness (QED) is 0.708. The van der Waals surface area contributed by atoms with E-state index in [0.717, 1.165) is 34.9 Å². The highest BCUT2D eigenvalue weighted by Crippen LogP contribution is 2.34. The Hall–Kier alpha value is -2.48. The zero-order chi connectivity index (χ0) is 20.1. The molecule has 3 rings (SSSR count). The van der Waals surface area contributed by atoms with Crippen molar-refractivity contribution in [3.63, 3.8) is 0 Å². The fourth-order valence-electron chi connectivity index (χ4n) is 2.91. The van der Waals surface area contributed by atoms with E-state index >= 15 is 0 Å². The van der Waals surface area contributed by atoms with Gasteiger partial charge in [-0.05, 0) is 44.5 Å². The Kier molecular flexibility index (Phi) is 6.61. The summed E-state index contributed by atoms with van der Waals surface area (Å²) in [5.74, 6) is 2.57. The maximum absolute atomic E-state index is 12.8. The van der Waals surface area contributed by atoms with Gasteiger partial charge in [-0.15, -0.1) is 0 Å². The number of fused-ring (bicyclic) bond motifs is 1. The molecule has 8 heteroatoms. The summed E-state index contributed by atoms with van der Waals surface area (Å²) in [6.45, 7) is 6.63. The van der Waals surface area contributed by atoms with Gasteiger partial charge in [-0.3, -0.25) is 9.59 Å². The topological polar surface area (TPSA) is 85.3 Å². The molecular formula is C20H26N4O3S. The zero-order valence-electron chi connectivity index (χ0n) is 16.4. The molecule has 1 aromatic heterocycles. The largest absolute Gasteiger partial charge is 0.491 e. The van der Waals surface area contributed by atoms with Crippen molar-refractivity contribution in [3.8, 4) is 5.75 Å². The average molecular weight is 403 g/mol. The van der Waals surface area contributed by atoms with Gasteiger partial charge in [0.25, 0.3) is 5.91 Å². The molecular weight excluding hydrogens is 376 g/mol. The van der Waals surface area contributed by atoms with Crippen molar-refractivity contribution in [2.24, 2.45) is 0 Å². The lowest BCUT2D eigenvalue weighted by atomic mass is 10.2. The predicted octanol–water partition coefficient (Wildman–Crippen LogP) is 3.20. The summed E-state index contributed by atoms with van der Waals surface area (Å²) in [5, 5.41) is 10.3. The molecule has 0 bridgehead atoms. The van der Waals surface area contributed by atoms with Crippen LogP contribution in [-0.4, -0.2) is 34.2 Å². The standard InChI is InChI=1S/C20H26N4O3S/c1-4-9-21-18(25)10-24-19(16-11-28-12-17(16)23-24)22-20(26)14-5-7-15(8-6-14)27-13(2)3/h5-8,13H,4,9-12H2,1-3H3,(H,21,25)(H,22,26). The van der Waals surface area contributed by atoms with Crippen molar-refractivity contribution >= 4 is 29.4 Å². The highest BCUT2D eigenvalue weighted by Gasteiger charge is 2.25. The lowest BCUT2D eigenvalue weighted by Gasteiger charge is -2.12. The summed E-state index contributed by atoms with van der Waals surface area (Å²) in [6, 6.07) is 7.03. The van der Waals surface area contributed by atoms with Crippen molar-refractivity contribution in [2.75, 3.05) is 11.9 Å². The number of hydrogen-bond acceptors (Lipinski definition) is 5. The van der Waals surface area contributed by atoms with E-state index in [1.807, 2.05) is 20.8 Å². The highest BCUT2D eigenvalue weighted by atomic mass is 32.2. The number of ether oxygens (including phenoxy) is 1. The third-order valence-electron chi connectivity index (χ3n) is 4.20. The van der Waals surface area contributed by atoms with Gasteiger partial charge in [0, 0.05) is 29.2 Å². The van der Waals surface area contributed by atoms with Gasteiger partial charge in [-0.25, -0.2) is 4.68 Å². The Labute approximate surface area is 169 Å². The van der Waals surface area contributed by atoms with Gasteiger partial charge in [-0.1, -0.05) is 6.92 Å². The van der Waals surface area contributed by atoms with E-state index in [0.29, 0.717) is 17.9 Å². The summed E-state index contributed by atoms with van der Waals surface area (Å²) in [7, 11) is 0. The van der Waals surface area contributed by atoms with Crippen molar-refractivity contribution in [1.82, 2.24) is 15.1 Å². The number of aromatic nitrogens is 2. The summed E-state index contributed by atoms with van der Waals surface area (Å²) in [6.07, 6.45) is 0.950. The summed E-state index contributed by atoms with van der Waals surface area (Å²) in [4.78, 5) is 24.9. The van der Waals surface area contributed by atoms with E-state index in [9.17, 15) is 9.59 Å². The summed E-state index contributed by atoms with van der Waals surface area (Å²) in [5.41, 5.74) is 2.46. The number of hydrogen-bond donors (Lipinski definition) is 2. The van der Waals surface area contributed by atoms with E-state index in [4.69, 9.17) is 4.74 Å². The van der Waals surface area contributed by atoms with Crippen LogP contribution in [0.4, 0.5) is 5.82 Å². The van der Waals surface area contributed by atoms with Crippen LogP contribution in [0.25, 0.3) is 0 Å². The first-order valence-corrected chi connectivity index (χ1v) is 10.6. The van der Waals surface area contributed by atoms with Crippen molar-refractivity contribution < 1.29 is 14.3 Å². The molecule has 1 aliphatic heterocycles.